The Morgan fingerprint density at radius 1 is 1.64 bits per heavy atom. The lowest BCUT2D eigenvalue weighted by Gasteiger charge is -1.96. The Morgan fingerprint density at radius 2 is 2.36 bits per heavy atom. The summed E-state index contributed by atoms with van der Waals surface area (Å²) >= 11 is 0. The van der Waals surface area contributed by atoms with Crippen LogP contribution in [0, 0.1) is 6.92 Å². The molecular formula is C8H10N2O. The molecule has 1 aromatic heterocycles. The van der Waals surface area contributed by atoms with Crippen LogP contribution in [-0.2, 0) is 11.2 Å². The van der Waals surface area contributed by atoms with Gasteiger partial charge in [0.05, 0.1) is 5.69 Å². The Balaban J connectivity index is 2.79. The lowest BCUT2D eigenvalue weighted by atomic mass is 10.2. The third kappa shape index (κ3) is 2.45. The first-order valence-electron chi connectivity index (χ1n) is 3.46. The second-order valence-corrected chi connectivity index (χ2v) is 2.47. The summed E-state index contributed by atoms with van der Waals surface area (Å²) in [5.74, 6) is 0.840. The summed E-state index contributed by atoms with van der Waals surface area (Å²) in [6, 6.07) is 1.76. The Kier molecular flexibility index (Phi) is 2.31. The maximum atomic E-state index is 10.7. The number of ketones is 1. The number of hydrogen-bond donors (Lipinski definition) is 0. The lowest BCUT2D eigenvalue weighted by molar-refractivity contribution is -0.116. The second kappa shape index (κ2) is 3.23. The SMILES string of the molecule is CC(=O)Cc1ccnc(C)n1. The summed E-state index contributed by atoms with van der Waals surface area (Å²) in [4.78, 5) is 18.7. The summed E-state index contributed by atoms with van der Waals surface area (Å²) < 4.78 is 0. The van der Waals surface area contributed by atoms with Crippen LogP contribution in [-0.4, -0.2) is 15.8 Å². The van der Waals surface area contributed by atoms with Crippen LogP contribution in [0.15, 0.2) is 12.3 Å². The first kappa shape index (κ1) is 7.85. The predicted molar refractivity (Wildman–Crippen MR) is 41.2 cm³/mol. The zero-order valence-corrected chi connectivity index (χ0v) is 6.66. The van der Waals surface area contributed by atoms with Crippen molar-refractivity contribution in [1.82, 2.24) is 9.97 Å². The number of rotatable bonds is 2. The van der Waals surface area contributed by atoms with Gasteiger partial charge >= 0.3 is 0 Å². The Labute approximate surface area is 65.5 Å². The van der Waals surface area contributed by atoms with Crippen LogP contribution in [0.25, 0.3) is 0 Å². The Hall–Kier alpha value is -1.25. The van der Waals surface area contributed by atoms with Crippen LogP contribution in [0.3, 0.4) is 0 Å². The quantitative estimate of drug-likeness (QED) is 0.629. The zero-order chi connectivity index (χ0) is 8.27. The average Bonchev–Trinajstić information content (AvgIpc) is 1.85. The van der Waals surface area contributed by atoms with E-state index in [0.717, 1.165) is 5.69 Å². The maximum Gasteiger partial charge on any atom is 0.135 e. The van der Waals surface area contributed by atoms with E-state index in [1.807, 2.05) is 6.92 Å². The number of Topliss-reactive ketones (excluding diaryl/α,β-unsaturated/α-hetero) is 1. The molecule has 0 amide bonds. The minimum Gasteiger partial charge on any atom is -0.300 e. The number of carbonyl (C=O) groups is 1. The monoisotopic (exact) mass is 150 g/mol. The first-order chi connectivity index (χ1) is 5.18. The summed E-state index contributed by atoms with van der Waals surface area (Å²) in [5, 5.41) is 0. The van der Waals surface area contributed by atoms with Crippen LogP contribution in [0.2, 0.25) is 0 Å². The molecule has 0 bridgehead atoms. The highest BCUT2D eigenvalue weighted by Gasteiger charge is 1.98. The van der Waals surface area contributed by atoms with Gasteiger partial charge in [0.2, 0.25) is 0 Å². The molecule has 3 nitrogen and oxygen atoms in total. The lowest BCUT2D eigenvalue weighted by Crippen LogP contribution is -2.00. The van der Waals surface area contributed by atoms with Crippen molar-refractivity contribution >= 4 is 5.78 Å². The summed E-state index contributed by atoms with van der Waals surface area (Å²) in [7, 11) is 0. The molecule has 0 N–H and O–H groups in total. The van der Waals surface area contributed by atoms with Crippen molar-refractivity contribution in [3.8, 4) is 0 Å². The van der Waals surface area contributed by atoms with Gasteiger partial charge in [-0.3, -0.25) is 4.79 Å². The molecule has 0 aliphatic rings. The van der Waals surface area contributed by atoms with Crippen molar-refractivity contribution in [2.45, 2.75) is 20.3 Å². The smallest absolute Gasteiger partial charge is 0.135 e. The van der Waals surface area contributed by atoms with Gasteiger partial charge in [0.1, 0.15) is 11.6 Å². The molecular weight excluding hydrogens is 140 g/mol. The van der Waals surface area contributed by atoms with Crippen molar-refractivity contribution in [2.24, 2.45) is 0 Å². The van der Waals surface area contributed by atoms with E-state index in [9.17, 15) is 4.79 Å². The summed E-state index contributed by atoms with van der Waals surface area (Å²) in [6.07, 6.45) is 2.07. The number of carbonyl (C=O) groups excluding carboxylic acids is 1. The highest BCUT2D eigenvalue weighted by atomic mass is 16.1. The number of hydrogen-bond acceptors (Lipinski definition) is 3. The van der Waals surface area contributed by atoms with Crippen LogP contribution >= 0.6 is 0 Å². The van der Waals surface area contributed by atoms with Gasteiger partial charge in [-0.15, -0.1) is 0 Å². The molecule has 0 aliphatic heterocycles. The second-order valence-electron chi connectivity index (χ2n) is 2.47. The highest BCUT2D eigenvalue weighted by molar-refractivity contribution is 5.77. The van der Waals surface area contributed by atoms with Crippen molar-refractivity contribution in [1.29, 1.82) is 0 Å². The molecule has 0 unspecified atom stereocenters. The third-order valence-electron chi connectivity index (χ3n) is 1.26. The van der Waals surface area contributed by atoms with Gasteiger partial charge in [-0.25, -0.2) is 9.97 Å². The average molecular weight is 150 g/mol. The van der Waals surface area contributed by atoms with Crippen molar-refractivity contribution < 1.29 is 4.79 Å². The normalized spacial score (nSPS) is 9.64. The number of nitrogens with zero attached hydrogens (tertiary/aromatic N) is 2. The molecule has 0 atom stereocenters. The topological polar surface area (TPSA) is 42.9 Å². The fourth-order valence-corrected chi connectivity index (χ4v) is 0.859. The van der Waals surface area contributed by atoms with E-state index in [4.69, 9.17) is 0 Å². The fraction of sp³-hybridized carbons (Fsp3) is 0.375. The molecule has 11 heavy (non-hydrogen) atoms. The van der Waals surface area contributed by atoms with Crippen LogP contribution < -0.4 is 0 Å². The van der Waals surface area contributed by atoms with Gasteiger partial charge in [-0.1, -0.05) is 0 Å². The largest absolute Gasteiger partial charge is 0.300 e. The fourth-order valence-electron chi connectivity index (χ4n) is 0.859. The van der Waals surface area contributed by atoms with Crippen LogP contribution in [0.5, 0.6) is 0 Å². The maximum absolute atomic E-state index is 10.7. The molecule has 58 valence electrons. The van der Waals surface area contributed by atoms with E-state index in [0.29, 0.717) is 12.2 Å². The predicted octanol–water partition coefficient (Wildman–Crippen LogP) is 0.917. The molecule has 0 radical (unpaired) electrons. The van der Waals surface area contributed by atoms with E-state index in [2.05, 4.69) is 9.97 Å². The standard InChI is InChI=1S/C8H10N2O/c1-6(11)5-8-3-4-9-7(2)10-8/h3-4H,5H2,1-2H3. The van der Waals surface area contributed by atoms with Gasteiger partial charge in [0.25, 0.3) is 0 Å². The zero-order valence-electron chi connectivity index (χ0n) is 6.66. The molecule has 1 rings (SSSR count). The van der Waals surface area contributed by atoms with Gasteiger partial charge < -0.3 is 0 Å². The molecule has 0 spiro atoms. The van der Waals surface area contributed by atoms with E-state index in [-0.39, 0.29) is 5.78 Å². The number of aromatic nitrogens is 2. The molecule has 0 saturated carbocycles. The number of aryl methyl sites for hydroxylation is 1. The molecule has 0 aliphatic carbocycles. The van der Waals surface area contributed by atoms with E-state index in [1.54, 1.807) is 19.2 Å². The molecule has 0 saturated heterocycles. The highest BCUT2D eigenvalue weighted by Crippen LogP contribution is 1.95. The molecule has 3 heteroatoms. The van der Waals surface area contributed by atoms with Crippen molar-refractivity contribution in [2.75, 3.05) is 0 Å². The van der Waals surface area contributed by atoms with Gasteiger partial charge in [-0.2, -0.15) is 0 Å². The molecule has 1 aromatic rings. The van der Waals surface area contributed by atoms with Gasteiger partial charge in [0.15, 0.2) is 0 Å². The Bertz CT molecular complexity index is 271. The van der Waals surface area contributed by atoms with Crippen LogP contribution in [0.4, 0.5) is 0 Å². The van der Waals surface area contributed by atoms with Crippen molar-refractivity contribution in [3.05, 3.63) is 23.8 Å². The molecule has 0 aromatic carbocycles. The minimum atomic E-state index is 0.128. The van der Waals surface area contributed by atoms with Gasteiger partial charge in [-0.05, 0) is 19.9 Å². The minimum absolute atomic E-state index is 0.128. The molecule has 0 fully saturated rings. The molecule has 1 heterocycles. The Morgan fingerprint density at radius 3 is 2.91 bits per heavy atom. The summed E-state index contributed by atoms with van der Waals surface area (Å²) in [5.41, 5.74) is 0.796. The van der Waals surface area contributed by atoms with Gasteiger partial charge in [0, 0.05) is 12.6 Å². The summed E-state index contributed by atoms with van der Waals surface area (Å²) in [6.45, 7) is 3.36. The van der Waals surface area contributed by atoms with E-state index < -0.39 is 0 Å². The van der Waals surface area contributed by atoms with E-state index in [1.165, 1.54) is 0 Å². The third-order valence-corrected chi connectivity index (χ3v) is 1.26. The van der Waals surface area contributed by atoms with Crippen molar-refractivity contribution in [3.63, 3.8) is 0 Å². The first-order valence-corrected chi connectivity index (χ1v) is 3.46. The van der Waals surface area contributed by atoms with E-state index >= 15 is 0 Å². The van der Waals surface area contributed by atoms with Crippen LogP contribution in [0.1, 0.15) is 18.4 Å².